The van der Waals surface area contributed by atoms with Crippen molar-refractivity contribution < 1.29 is 23.9 Å². The maximum Gasteiger partial charge on any atom is 0.355 e. The van der Waals surface area contributed by atoms with Gasteiger partial charge in [0.05, 0.1) is 40.4 Å². The Morgan fingerprint density at radius 3 is 2.76 bits per heavy atom. The van der Waals surface area contributed by atoms with E-state index in [9.17, 15) is 19.2 Å². The second-order valence-corrected chi connectivity index (χ2v) is 10.3. The largest absolute Gasteiger partial charge is 0.457 e. The van der Waals surface area contributed by atoms with Gasteiger partial charge in [-0.3, -0.25) is 19.5 Å². The van der Waals surface area contributed by atoms with E-state index in [1.54, 1.807) is 28.7 Å². The molecular formula is C30H25N5O6. The van der Waals surface area contributed by atoms with E-state index >= 15 is 0 Å². The SMILES string of the molecule is CC[C@@]1(OC(C)=O)C(=O)OCc2c1cc1n(c2=O)Cc2c-1nc1cccc3c1c2N(CCc1ccccn1)C(=O)N3. The number of carbonyl (C=O) groups is 3. The summed E-state index contributed by atoms with van der Waals surface area (Å²) in [5.74, 6) is -1.37. The third kappa shape index (κ3) is 3.58. The van der Waals surface area contributed by atoms with Crippen molar-refractivity contribution in [1.29, 1.82) is 0 Å². The van der Waals surface area contributed by atoms with E-state index in [4.69, 9.17) is 14.5 Å². The van der Waals surface area contributed by atoms with E-state index in [-0.39, 0.29) is 36.7 Å². The molecule has 41 heavy (non-hydrogen) atoms. The zero-order chi connectivity index (χ0) is 28.5. The first-order valence-corrected chi connectivity index (χ1v) is 13.4. The minimum atomic E-state index is -1.73. The summed E-state index contributed by atoms with van der Waals surface area (Å²) in [6.45, 7) is 3.23. The predicted molar refractivity (Wildman–Crippen MR) is 148 cm³/mol. The summed E-state index contributed by atoms with van der Waals surface area (Å²) >= 11 is 0. The number of hydrogen-bond acceptors (Lipinski definition) is 8. The summed E-state index contributed by atoms with van der Waals surface area (Å²) in [4.78, 5) is 63.5. The van der Waals surface area contributed by atoms with Gasteiger partial charge in [0.15, 0.2) is 0 Å². The number of esters is 2. The van der Waals surface area contributed by atoms with Crippen LogP contribution in [0.3, 0.4) is 0 Å². The third-order valence-corrected chi connectivity index (χ3v) is 8.04. The van der Waals surface area contributed by atoms with E-state index in [0.29, 0.717) is 46.8 Å². The number of urea groups is 1. The number of cyclic esters (lactones) is 1. The number of nitrogens with one attached hydrogen (secondary N) is 1. The van der Waals surface area contributed by atoms with Crippen LogP contribution in [-0.4, -0.2) is 39.0 Å². The third-order valence-electron chi connectivity index (χ3n) is 8.04. The van der Waals surface area contributed by atoms with E-state index < -0.39 is 17.5 Å². The van der Waals surface area contributed by atoms with E-state index in [1.807, 2.05) is 36.4 Å². The van der Waals surface area contributed by atoms with Crippen LogP contribution < -0.4 is 15.8 Å². The van der Waals surface area contributed by atoms with Gasteiger partial charge in [-0.2, -0.15) is 0 Å². The molecule has 0 saturated heterocycles. The molecule has 1 aromatic carbocycles. The van der Waals surface area contributed by atoms with Crippen LogP contribution in [0.15, 0.2) is 53.5 Å². The molecule has 0 fully saturated rings. The van der Waals surface area contributed by atoms with Crippen molar-refractivity contribution in [2.75, 3.05) is 16.8 Å². The van der Waals surface area contributed by atoms with Crippen molar-refractivity contribution >= 4 is 40.2 Å². The molecule has 2 amide bonds. The quantitative estimate of drug-likeness (QED) is 0.328. The highest BCUT2D eigenvalue weighted by Gasteiger charge is 2.50. The molecule has 0 aliphatic carbocycles. The van der Waals surface area contributed by atoms with Crippen molar-refractivity contribution in [2.45, 2.75) is 45.4 Å². The molecule has 1 N–H and O–H groups in total. The Bertz CT molecular complexity index is 1870. The number of nitrogens with zero attached hydrogens (tertiary/aromatic N) is 4. The average molecular weight is 552 g/mol. The van der Waals surface area contributed by atoms with Crippen LogP contribution in [0.1, 0.15) is 42.7 Å². The van der Waals surface area contributed by atoms with Gasteiger partial charge in [-0.25, -0.2) is 14.6 Å². The number of ether oxygens (including phenoxy) is 2. The predicted octanol–water partition coefficient (Wildman–Crippen LogP) is 3.64. The summed E-state index contributed by atoms with van der Waals surface area (Å²) in [7, 11) is 0. The van der Waals surface area contributed by atoms with Gasteiger partial charge in [0.2, 0.25) is 5.60 Å². The van der Waals surface area contributed by atoms with Crippen LogP contribution in [0.2, 0.25) is 0 Å². The Balaban J connectivity index is 1.44. The summed E-state index contributed by atoms with van der Waals surface area (Å²) < 4.78 is 12.5. The summed E-state index contributed by atoms with van der Waals surface area (Å²) in [5.41, 5.74) is 3.06. The van der Waals surface area contributed by atoms with Crippen molar-refractivity contribution in [2.24, 2.45) is 0 Å². The second-order valence-electron chi connectivity index (χ2n) is 10.3. The van der Waals surface area contributed by atoms with E-state index in [2.05, 4.69) is 10.3 Å². The van der Waals surface area contributed by atoms with Crippen molar-refractivity contribution in [3.8, 4) is 11.4 Å². The highest BCUT2D eigenvalue weighted by Crippen LogP contribution is 2.47. The first kappa shape index (κ1) is 24.9. The number of benzene rings is 1. The van der Waals surface area contributed by atoms with Crippen molar-refractivity contribution in [1.82, 2.24) is 14.5 Å². The lowest BCUT2D eigenvalue weighted by molar-refractivity contribution is -0.188. The molecule has 0 spiro atoms. The lowest BCUT2D eigenvalue weighted by Gasteiger charge is -2.35. The molecule has 1 atom stereocenters. The molecule has 11 nitrogen and oxygen atoms in total. The standard InChI is InChI=1S/C30H25N5O6/c1-3-30(41-16(2)36)20-13-23-25-18(14-35(23)27(37)19(20)15-40-28(30)38)26-24-21(32-25)8-6-9-22(24)33-29(39)34(26)12-10-17-7-4-5-11-31-17/h4-9,11,13H,3,10,12,14-15H2,1-2H3,(H,33,39)/t30-/m0/s1. The van der Waals surface area contributed by atoms with Gasteiger partial charge >= 0.3 is 18.0 Å². The smallest absolute Gasteiger partial charge is 0.355 e. The number of amides is 2. The minimum Gasteiger partial charge on any atom is -0.457 e. The van der Waals surface area contributed by atoms with Gasteiger partial charge in [0.1, 0.15) is 6.61 Å². The number of fused-ring (bicyclic) bond motifs is 5. The molecular weight excluding hydrogens is 526 g/mol. The monoisotopic (exact) mass is 551 g/mol. The Labute approximate surface area is 233 Å². The van der Waals surface area contributed by atoms with Gasteiger partial charge in [0, 0.05) is 48.3 Å². The molecule has 3 aliphatic rings. The second kappa shape index (κ2) is 8.98. The topological polar surface area (TPSA) is 133 Å². The Morgan fingerprint density at radius 1 is 1.15 bits per heavy atom. The Hall–Kier alpha value is -5.06. The minimum absolute atomic E-state index is 0.0927. The van der Waals surface area contributed by atoms with Crippen molar-refractivity contribution in [3.05, 3.63) is 81.4 Å². The fraction of sp³-hybridized carbons (Fsp3) is 0.267. The molecule has 0 radical (unpaired) electrons. The molecule has 11 heteroatoms. The lowest BCUT2D eigenvalue weighted by atomic mass is 9.85. The highest BCUT2D eigenvalue weighted by molar-refractivity contribution is 6.19. The van der Waals surface area contributed by atoms with Gasteiger partial charge < -0.3 is 19.4 Å². The van der Waals surface area contributed by atoms with E-state index in [0.717, 1.165) is 16.6 Å². The number of hydrogen-bond donors (Lipinski definition) is 1. The zero-order valence-electron chi connectivity index (χ0n) is 22.4. The number of rotatable bonds is 5. The highest BCUT2D eigenvalue weighted by atomic mass is 16.6. The Morgan fingerprint density at radius 2 is 2.00 bits per heavy atom. The van der Waals surface area contributed by atoms with E-state index in [1.165, 1.54) is 6.92 Å². The van der Waals surface area contributed by atoms with Crippen LogP contribution in [0, 0.1) is 0 Å². The van der Waals surface area contributed by atoms with Crippen LogP contribution in [-0.2, 0) is 44.2 Å². The molecule has 0 saturated carbocycles. The molecule has 3 aromatic heterocycles. The maximum absolute atomic E-state index is 13.9. The lowest BCUT2D eigenvalue weighted by Crippen LogP contribution is -2.47. The van der Waals surface area contributed by atoms with Gasteiger partial charge in [-0.1, -0.05) is 19.1 Å². The first-order valence-electron chi connectivity index (χ1n) is 13.4. The van der Waals surface area contributed by atoms with Gasteiger partial charge in [0.25, 0.3) is 5.56 Å². The van der Waals surface area contributed by atoms with Gasteiger partial charge in [-0.15, -0.1) is 0 Å². The van der Waals surface area contributed by atoms with Crippen molar-refractivity contribution in [3.63, 3.8) is 0 Å². The molecule has 0 bridgehead atoms. The fourth-order valence-electron chi connectivity index (χ4n) is 6.18. The molecule has 3 aliphatic heterocycles. The van der Waals surface area contributed by atoms with Crippen LogP contribution in [0.25, 0.3) is 22.3 Å². The normalized spacial score (nSPS) is 18.3. The molecule has 4 aromatic rings. The zero-order valence-corrected chi connectivity index (χ0v) is 22.4. The maximum atomic E-state index is 13.9. The summed E-state index contributed by atoms with van der Waals surface area (Å²) in [5, 5.41) is 3.77. The molecule has 6 heterocycles. The number of anilines is 2. The average Bonchev–Trinajstić information content (AvgIpc) is 3.33. The molecule has 7 rings (SSSR count). The van der Waals surface area contributed by atoms with Crippen LogP contribution >= 0.6 is 0 Å². The number of pyridine rings is 3. The first-order chi connectivity index (χ1) is 19.8. The van der Waals surface area contributed by atoms with Crippen LogP contribution in [0.4, 0.5) is 16.2 Å². The Kier molecular flexibility index (Phi) is 5.46. The number of carbonyl (C=O) groups excluding carboxylic acids is 3. The molecule has 206 valence electrons. The van der Waals surface area contributed by atoms with Gasteiger partial charge in [-0.05, 0) is 36.8 Å². The molecule has 0 unspecified atom stereocenters. The summed E-state index contributed by atoms with van der Waals surface area (Å²) in [6, 6.07) is 12.6. The fourth-order valence-corrected chi connectivity index (χ4v) is 6.18. The summed E-state index contributed by atoms with van der Waals surface area (Å²) in [6.07, 6.45) is 2.33. The number of aromatic nitrogens is 3. The van der Waals surface area contributed by atoms with Crippen LogP contribution in [0.5, 0.6) is 0 Å².